The van der Waals surface area contributed by atoms with Crippen molar-refractivity contribution in [3.05, 3.63) is 178 Å². The van der Waals surface area contributed by atoms with E-state index in [1.165, 1.54) is 16.8 Å². The maximum Gasteiger partial charge on any atom is 0.314 e. The first-order valence-electron chi connectivity index (χ1n) is 25.4. The molecule has 6 amide bonds. The van der Waals surface area contributed by atoms with Gasteiger partial charge in [0.1, 0.15) is 0 Å². The number of aliphatic carboxylic acids is 1. The molecule has 15 nitrogen and oxygen atoms in total. The largest absolute Gasteiger partial charge is 0.481 e. The monoisotopic (exact) mass is 1090 g/mol. The number of imide groups is 2. The highest BCUT2D eigenvalue weighted by molar-refractivity contribution is 8.26. The molecule has 5 aromatic carbocycles. The molecule has 2 heterocycles. The summed E-state index contributed by atoms with van der Waals surface area (Å²) in [4.78, 5) is 94.6. The number of hydrogen-bond donors (Lipinski definition) is 3. The molecular formula is C58H66Cl2N6O9S. The van der Waals surface area contributed by atoms with Gasteiger partial charge in [0, 0.05) is 60.6 Å². The van der Waals surface area contributed by atoms with Crippen molar-refractivity contribution in [1.29, 1.82) is 0 Å². The molecule has 76 heavy (non-hydrogen) atoms. The number of halogens is 2. The summed E-state index contributed by atoms with van der Waals surface area (Å²) in [6.07, 6.45) is 1.97. The minimum atomic E-state index is -1.67. The number of nitrogens with zero attached hydrogens (tertiary/aromatic N) is 4. The smallest absolute Gasteiger partial charge is 0.314 e. The van der Waals surface area contributed by atoms with Crippen LogP contribution in [0.2, 0.25) is 0 Å². The lowest BCUT2D eigenvalue weighted by atomic mass is 9.91. The Morgan fingerprint density at radius 3 is 1.04 bits per heavy atom. The molecule has 0 bridgehead atoms. The summed E-state index contributed by atoms with van der Waals surface area (Å²) >= 11 is 0. The maximum atomic E-state index is 13.4. The average Bonchev–Trinajstić information content (AvgIpc) is 4.40. The Kier molecular flexibility index (Phi) is 19.7. The minimum absolute atomic E-state index is 0.0646. The third-order valence-electron chi connectivity index (χ3n) is 15.3. The van der Waals surface area contributed by atoms with E-state index < -0.39 is 26.0 Å². The van der Waals surface area contributed by atoms with E-state index in [1.807, 2.05) is 92.1 Å². The quantitative estimate of drug-likeness (QED) is 0.0677. The summed E-state index contributed by atoms with van der Waals surface area (Å²) in [6.45, 7) is 11.8. The summed E-state index contributed by atoms with van der Waals surface area (Å²) in [5, 5.41) is 9.72. The molecule has 0 saturated heterocycles. The van der Waals surface area contributed by atoms with Gasteiger partial charge in [0.25, 0.3) is 23.6 Å². The Balaban J connectivity index is 0.000000179. The third kappa shape index (κ3) is 11.6. The summed E-state index contributed by atoms with van der Waals surface area (Å²) in [7, 11) is 8.86. The van der Waals surface area contributed by atoms with Gasteiger partial charge >= 0.3 is 5.97 Å². The van der Waals surface area contributed by atoms with Gasteiger partial charge < -0.3 is 26.4 Å². The number of amides is 6. The van der Waals surface area contributed by atoms with Gasteiger partial charge in [-0.3, -0.25) is 43.4 Å². The Hall–Kier alpha value is -6.56. The maximum absolute atomic E-state index is 13.4. The van der Waals surface area contributed by atoms with Crippen molar-refractivity contribution in [2.75, 3.05) is 52.9 Å². The molecule has 3 fully saturated rings. The molecule has 0 aromatic heterocycles. The van der Waals surface area contributed by atoms with Crippen LogP contribution in [0.15, 0.2) is 140 Å². The summed E-state index contributed by atoms with van der Waals surface area (Å²) in [5.74, 6) is -1.80. The van der Waals surface area contributed by atoms with Crippen LogP contribution < -0.4 is 11.5 Å². The molecule has 2 aliphatic heterocycles. The molecule has 10 rings (SSSR count). The van der Waals surface area contributed by atoms with Gasteiger partial charge in [-0.2, -0.15) is 0 Å². The Labute approximate surface area is 456 Å². The number of fused-ring (bicyclic) bond motifs is 2. The zero-order valence-corrected chi connectivity index (χ0v) is 45.7. The predicted octanol–water partition coefficient (Wildman–Crippen LogP) is 7.82. The van der Waals surface area contributed by atoms with Crippen molar-refractivity contribution in [2.24, 2.45) is 29.2 Å². The molecule has 5 N–H and O–H groups in total. The second-order valence-corrected chi connectivity index (χ2v) is 21.5. The van der Waals surface area contributed by atoms with Crippen LogP contribution in [0, 0.1) is 17.8 Å². The zero-order valence-electron chi connectivity index (χ0n) is 43.4. The van der Waals surface area contributed by atoms with Gasteiger partial charge in [-0.1, -0.05) is 115 Å². The number of hydrogen-bond acceptors (Lipinski definition) is 10. The number of nitrogens with two attached hydrogens (primary N) is 2. The van der Waals surface area contributed by atoms with E-state index in [0.717, 1.165) is 36.2 Å². The lowest BCUT2D eigenvalue weighted by Gasteiger charge is -2.27. The number of rotatable bonds is 15. The van der Waals surface area contributed by atoms with Gasteiger partial charge in [-0.15, -0.1) is 0 Å². The first-order chi connectivity index (χ1) is 36.5. The topological polar surface area (TPSA) is 222 Å². The lowest BCUT2D eigenvalue weighted by molar-refractivity contribution is -0.140. The van der Waals surface area contributed by atoms with Crippen molar-refractivity contribution in [1.82, 2.24) is 19.6 Å². The lowest BCUT2D eigenvalue weighted by Crippen LogP contribution is -2.42. The van der Waals surface area contributed by atoms with E-state index in [4.69, 9.17) is 9.94 Å². The zero-order chi connectivity index (χ0) is 55.5. The summed E-state index contributed by atoms with van der Waals surface area (Å²) < 4.78 is 9.09. The molecule has 5 aliphatic rings. The molecule has 0 spiro atoms. The van der Waals surface area contributed by atoms with Crippen molar-refractivity contribution in [3.63, 3.8) is 0 Å². The van der Waals surface area contributed by atoms with E-state index in [9.17, 15) is 38.7 Å². The standard InChI is InChI=1S/C23H24N2O3.C19H15NO4.C15H22N2O.CH5N.Cl2OS/c1-3-24(4-2)22(28)23(16-10-6-5-7-11-16)14-17(23)15-25-20(26)18-12-8-9-13-19(18)21(25)27;21-16-14-8-4-5-9-15(14)17(22)20(16)11-13-10-19(13,18(23)24)12-6-2-1-3-7-12;1-3-17(4-2)14(18)15(10-13(15)11-16)12-8-6-5-7-9-12;1-2;1-4(2)3/h5-13,17H,3-4,14-15H2,1-2H3;1-9,13H,10-11H2,(H,23,24);5-9,13H,3-4,10-11,16H2,1-2H3;2H2,1H3;. The van der Waals surface area contributed by atoms with Gasteiger partial charge in [-0.05, 0) is 119 Å². The average molecular weight is 1090 g/mol. The highest BCUT2D eigenvalue weighted by atomic mass is 36.0. The van der Waals surface area contributed by atoms with Crippen LogP contribution >= 0.6 is 21.4 Å². The third-order valence-corrected chi connectivity index (χ3v) is 15.3. The number of benzene rings is 5. The normalized spacial score (nSPS) is 22.9. The van der Waals surface area contributed by atoms with Crippen LogP contribution in [0.1, 0.15) is 105 Å². The van der Waals surface area contributed by atoms with Gasteiger partial charge in [0.2, 0.25) is 21.0 Å². The van der Waals surface area contributed by atoms with E-state index in [1.54, 1.807) is 72.8 Å². The van der Waals surface area contributed by atoms with E-state index >= 15 is 0 Å². The van der Waals surface area contributed by atoms with Crippen LogP contribution in [0.5, 0.6) is 0 Å². The second kappa shape index (κ2) is 25.5. The van der Waals surface area contributed by atoms with Gasteiger partial charge in [0.05, 0.1) is 38.5 Å². The molecule has 0 radical (unpaired) electrons. The molecule has 3 aliphatic carbocycles. The highest BCUT2D eigenvalue weighted by Gasteiger charge is 2.64. The molecule has 18 heteroatoms. The fraction of sp³-hybridized carbons (Fsp3) is 0.362. The number of carboxylic acids is 1. The second-order valence-electron chi connectivity index (χ2n) is 18.9. The first kappa shape index (κ1) is 58.7. The summed E-state index contributed by atoms with van der Waals surface area (Å²) in [6, 6.07) is 42.5. The van der Waals surface area contributed by atoms with E-state index in [-0.39, 0.29) is 65.8 Å². The molecule has 6 unspecified atom stereocenters. The van der Waals surface area contributed by atoms with Crippen LogP contribution in [0.3, 0.4) is 0 Å². The van der Waals surface area contributed by atoms with E-state index in [0.29, 0.717) is 60.6 Å². The number of carboxylic acid groups (broad SMARTS) is 1. The van der Waals surface area contributed by atoms with Crippen LogP contribution in [-0.2, 0) is 39.9 Å². The number of likely N-dealkylation sites (N-methyl/N-ethyl adjacent to an activating group) is 2. The fourth-order valence-corrected chi connectivity index (χ4v) is 11.0. The molecule has 6 atom stereocenters. The SMILES string of the molecule is CCN(CC)C(=O)C1(c2ccccc2)CC1CN.CCN(CC)C(=O)C1(c2ccccc2)CC1CN1C(=O)c2ccccc2C1=O.CN.O=C1c2ccccc2C(=O)N1CC1CC1(C(=O)O)c1ccccc1.O=S(Cl)Cl. The Bertz CT molecular complexity index is 2860. The van der Waals surface area contributed by atoms with Crippen LogP contribution in [0.4, 0.5) is 0 Å². The van der Waals surface area contributed by atoms with E-state index in [2.05, 4.69) is 39.2 Å². The first-order valence-corrected chi connectivity index (χ1v) is 28.2. The molecule has 3 saturated carbocycles. The fourth-order valence-electron chi connectivity index (χ4n) is 11.0. The number of carbonyl (C=O) groups excluding carboxylic acids is 6. The van der Waals surface area contributed by atoms with Crippen molar-refractivity contribution >= 4 is 72.0 Å². The Morgan fingerprint density at radius 1 is 0.513 bits per heavy atom. The van der Waals surface area contributed by atoms with Crippen molar-refractivity contribution < 1.29 is 42.9 Å². The van der Waals surface area contributed by atoms with Gasteiger partial charge in [0.15, 0.2) is 0 Å². The van der Waals surface area contributed by atoms with Gasteiger partial charge in [-0.25, -0.2) is 4.21 Å². The minimum Gasteiger partial charge on any atom is -0.481 e. The molecule has 5 aromatic rings. The summed E-state index contributed by atoms with van der Waals surface area (Å²) in [5.41, 5.74) is 12.8. The highest BCUT2D eigenvalue weighted by Crippen LogP contribution is 2.57. The number of carbonyl (C=O) groups is 7. The van der Waals surface area contributed by atoms with Crippen molar-refractivity contribution in [3.8, 4) is 0 Å². The van der Waals surface area contributed by atoms with Crippen LogP contribution in [0.25, 0.3) is 0 Å². The molecule has 402 valence electrons. The Morgan fingerprint density at radius 2 is 0.763 bits per heavy atom. The van der Waals surface area contributed by atoms with Crippen molar-refractivity contribution in [2.45, 2.75) is 63.2 Å². The predicted molar refractivity (Wildman–Crippen MR) is 295 cm³/mol. The molecular weight excluding hydrogens is 1030 g/mol. The van der Waals surface area contributed by atoms with Crippen LogP contribution in [-0.4, -0.2) is 123 Å².